The molecule has 24 heavy (non-hydrogen) atoms. The Morgan fingerprint density at radius 1 is 1.42 bits per heavy atom. The van der Waals surface area contributed by atoms with Crippen LogP contribution < -0.4 is 5.32 Å². The molecule has 0 spiro atoms. The van der Waals surface area contributed by atoms with E-state index >= 15 is 0 Å². The van der Waals surface area contributed by atoms with Gasteiger partial charge in [0.05, 0.1) is 17.1 Å². The van der Waals surface area contributed by atoms with Gasteiger partial charge in [0, 0.05) is 24.9 Å². The number of aliphatic hydroxyl groups excluding tert-OH is 1. The van der Waals surface area contributed by atoms with Gasteiger partial charge in [-0.1, -0.05) is 13.8 Å². The number of carbonyl (C=O) groups excluding carboxylic acids is 1. The molecule has 0 bridgehead atoms. The third kappa shape index (κ3) is 4.12. The molecule has 0 aliphatic carbocycles. The second kappa shape index (κ2) is 7.30. The molecule has 2 heterocycles. The van der Waals surface area contributed by atoms with Crippen molar-refractivity contribution in [1.29, 1.82) is 0 Å². The van der Waals surface area contributed by atoms with E-state index in [9.17, 15) is 9.90 Å². The lowest BCUT2D eigenvalue weighted by Crippen LogP contribution is -2.26. The van der Waals surface area contributed by atoms with E-state index in [4.69, 9.17) is 0 Å². The highest BCUT2D eigenvalue weighted by Gasteiger charge is 2.18. The fraction of sp³-hybridized carbons (Fsp3) is 0.611. The number of fused-ring (bicyclic) bond motifs is 1. The highest BCUT2D eigenvalue weighted by atomic mass is 16.3. The molecule has 2 N–H and O–H groups in total. The Morgan fingerprint density at radius 2 is 2.12 bits per heavy atom. The van der Waals surface area contributed by atoms with Crippen LogP contribution >= 0.6 is 0 Å². The number of amides is 1. The van der Waals surface area contributed by atoms with Gasteiger partial charge in [-0.25, -0.2) is 9.67 Å². The van der Waals surface area contributed by atoms with E-state index in [1.165, 1.54) is 0 Å². The summed E-state index contributed by atoms with van der Waals surface area (Å²) in [7, 11) is 0. The van der Waals surface area contributed by atoms with Gasteiger partial charge >= 0.3 is 0 Å². The van der Waals surface area contributed by atoms with Crippen LogP contribution in [-0.4, -0.2) is 38.9 Å². The fourth-order valence-electron chi connectivity index (χ4n) is 2.65. The molecule has 2 aromatic rings. The Kier molecular flexibility index (Phi) is 5.59. The summed E-state index contributed by atoms with van der Waals surface area (Å²) in [6.07, 6.45) is 3.41. The van der Waals surface area contributed by atoms with Crippen molar-refractivity contribution < 1.29 is 9.90 Å². The Labute approximate surface area is 143 Å². The van der Waals surface area contributed by atoms with Crippen LogP contribution in [0, 0.1) is 12.3 Å². The first-order valence-electron chi connectivity index (χ1n) is 8.49. The summed E-state index contributed by atoms with van der Waals surface area (Å²) in [5.74, 6) is -0.101. The summed E-state index contributed by atoms with van der Waals surface area (Å²) in [6.45, 7) is 10.7. The molecule has 0 fully saturated rings. The van der Waals surface area contributed by atoms with Gasteiger partial charge < -0.3 is 10.4 Å². The number of nitrogens with zero attached hydrogens (tertiary/aromatic N) is 3. The van der Waals surface area contributed by atoms with Crippen LogP contribution in [-0.2, 0) is 0 Å². The first-order chi connectivity index (χ1) is 11.2. The van der Waals surface area contributed by atoms with Crippen molar-refractivity contribution in [2.75, 3.05) is 13.2 Å². The molecular formula is C18H28N4O2. The Bertz CT molecular complexity index is 719. The number of nitrogens with one attached hydrogen (secondary N) is 1. The minimum Gasteiger partial charge on any atom is -0.396 e. The SMILES string of the molecule is Cc1cc(C(=O)NCCCC(C)(C)CO)c2cnn(C(C)C)c2n1. The molecule has 6 heteroatoms. The molecule has 2 rings (SSSR count). The lowest BCUT2D eigenvalue weighted by atomic mass is 9.89. The number of pyridine rings is 1. The molecule has 0 aromatic carbocycles. The van der Waals surface area contributed by atoms with E-state index in [0.29, 0.717) is 12.1 Å². The standard InChI is InChI=1S/C18H28N4O2/c1-12(2)22-16-15(10-20-22)14(9-13(3)21-16)17(24)19-8-6-7-18(4,5)11-23/h9-10,12,23H,6-8,11H2,1-5H3,(H,19,24). The summed E-state index contributed by atoms with van der Waals surface area (Å²) >= 11 is 0. The summed E-state index contributed by atoms with van der Waals surface area (Å²) < 4.78 is 1.84. The topological polar surface area (TPSA) is 80.0 Å². The van der Waals surface area contributed by atoms with Crippen LogP contribution in [0.1, 0.15) is 62.6 Å². The quantitative estimate of drug-likeness (QED) is 0.764. The minimum atomic E-state index is -0.107. The van der Waals surface area contributed by atoms with Crippen LogP contribution in [0.25, 0.3) is 11.0 Å². The summed E-state index contributed by atoms with van der Waals surface area (Å²) in [4.78, 5) is 17.1. The number of carbonyl (C=O) groups is 1. The van der Waals surface area contributed by atoms with Crippen molar-refractivity contribution in [2.24, 2.45) is 5.41 Å². The second-order valence-electron chi connectivity index (χ2n) is 7.41. The minimum absolute atomic E-state index is 0.101. The molecule has 0 saturated carbocycles. The zero-order valence-corrected chi connectivity index (χ0v) is 15.3. The first kappa shape index (κ1) is 18.4. The van der Waals surface area contributed by atoms with E-state index in [2.05, 4.69) is 15.4 Å². The zero-order valence-electron chi connectivity index (χ0n) is 15.3. The molecule has 0 aliphatic heterocycles. The fourth-order valence-corrected chi connectivity index (χ4v) is 2.65. The van der Waals surface area contributed by atoms with Crippen molar-refractivity contribution in [3.8, 4) is 0 Å². The largest absolute Gasteiger partial charge is 0.396 e. The molecule has 0 atom stereocenters. The summed E-state index contributed by atoms with van der Waals surface area (Å²) in [5, 5.41) is 17.4. The van der Waals surface area contributed by atoms with Crippen molar-refractivity contribution >= 4 is 16.9 Å². The average molecular weight is 332 g/mol. The smallest absolute Gasteiger partial charge is 0.252 e. The van der Waals surface area contributed by atoms with Gasteiger partial charge in [0.25, 0.3) is 5.91 Å². The van der Waals surface area contributed by atoms with Gasteiger partial charge in [-0.05, 0) is 45.1 Å². The molecule has 0 saturated heterocycles. The first-order valence-corrected chi connectivity index (χ1v) is 8.49. The van der Waals surface area contributed by atoms with Crippen molar-refractivity contribution in [1.82, 2.24) is 20.1 Å². The number of hydrogen-bond donors (Lipinski definition) is 2. The number of aliphatic hydroxyl groups is 1. The molecule has 1 amide bonds. The number of rotatable bonds is 7. The highest BCUT2D eigenvalue weighted by molar-refractivity contribution is 6.05. The molecule has 6 nitrogen and oxygen atoms in total. The third-order valence-corrected chi connectivity index (χ3v) is 4.17. The summed E-state index contributed by atoms with van der Waals surface area (Å²) in [5.41, 5.74) is 2.06. The Balaban J connectivity index is 2.12. The number of hydrogen-bond acceptors (Lipinski definition) is 4. The Morgan fingerprint density at radius 3 is 2.75 bits per heavy atom. The van der Waals surface area contributed by atoms with Gasteiger partial charge in [0.15, 0.2) is 5.65 Å². The third-order valence-electron chi connectivity index (χ3n) is 4.17. The van der Waals surface area contributed by atoms with Gasteiger partial charge in [-0.3, -0.25) is 4.79 Å². The number of aryl methyl sites for hydroxylation is 1. The average Bonchev–Trinajstić information content (AvgIpc) is 2.94. The van der Waals surface area contributed by atoms with E-state index in [0.717, 1.165) is 29.6 Å². The second-order valence-corrected chi connectivity index (χ2v) is 7.41. The van der Waals surface area contributed by atoms with Gasteiger partial charge in [-0.2, -0.15) is 5.10 Å². The van der Waals surface area contributed by atoms with E-state index < -0.39 is 0 Å². The van der Waals surface area contributed by atoms with Gasteiger partial charge in [0.1, 0.15) is 0 Å². The van der Waals surface area contributed by atoms with Crippen LogP contribution in [0.4, 0.5) is 0 Å². The molecule has 2 aromatic heterocycles. The van der Waals surface area contributed by atoms with Crippen molar-refractivity contribution in [3.05, 3.63) is 23.5 Å². The van der Waals surface area contributed by atoms with Gasteiger partial charge in [-0.15, -0.1) is 0 Å². The monoisotopic (exact) mass is 332 g/mol. The van der Waals surface area contributed by atoms with Crippen molar-refractivity contribution in [3.63, 3.8) is 0 Å². The van der Waals surface area contributed by atoms with E-state index in [1.54, 1.807) is 6.20 Å². The lowest BCUT2D eigenvalue weighted by molar-refractivity contribution is 0.0950. The molecule has 132 valence electrons. The molecule has 0 radical (unpaired) electrons. The van der Waals surface area contributed by atoms with Crippen LogP contribution in [0.3, 0.4) is 0 Å². The maximum Gasteiger partial charge on any atom is 0.252 e. The normalized spacial score (nSPS) is 12.1. The molecule has 0 unspecified atom stereocenters. The van der Waals surface area contributed by atoms with Crippen LogP contribution in [0.15, 0.2) is 12.3 Å². The van der Waals surface area contributed by atoms with E-state index in [-0.39, 0.29) is 24.0 Å². The Hall–Kier alpha value is -1.95. The highest BCUT2D eigenvalue weighted by Crippen LogP contribution is 2.22. The number of aromatic nitrogens is 3. The molecular weight excluding hydrogens is 304 g/mol. The molecule has 0 aliphatic rings. The lowest BCUT2D eigenvalue weighted by Gasteiger charge is -2.21. The predicted octanol–water partition coefficient (Wildman–Crippen LogP) is 2.85. The predicted molar refractivity (Wildman–Crippen MR) is 95.1 cm³/mol. The van der Waals surface area contributed by atoms with Crippen LogP contribution in [0.5, 0.6) is 0 Å². The van der Waals surface area contributed by atoms with Crippen molar-refractivity contribution in [2.45, 2.75) is 53.5 Å². The van der Waals surface area contributed by atoms with E-state index in [1.807, 2.05) is 45.4 Å². The van der Waals surface area contributed by atoms with Crippen LogP contribution in [0.2, 0.25) is 0 Å². The zero-order chi connectivity index (χ0) is 17.9. The van der Waals surface area contributed by atoms with Gasteiger partial charge in [0.2, 0.25) is 0 Å². The summed E-state index contributed by atoms with van der Waals surface area (Å²) in [6, 6.07) is 2.00. The maximum absolute atomic E-state index is 12.6. The maximum atomic E-state index is 12.6.